The lowest BCUT2D eigenvalue weighted by atomic mass is 10.1. The molecule has 2 rings (SSSR count). The maximum absolute atomic E-state index is 9.52. The Labute approximate surface area is 105 Å². The van der Waals surface area contributed by atoms with Crippen molar-refractivity contribution in [3.05, 3.63) is 28.2 Å². The molecule has 0 amide bonds. The number of rotatable bonds is 2. The van der Waals surface area contributed by atoms with E-state index < -0.39 is 6.10 Å². The molecule has 0 radical (unpaired) electrons. The minimum atomic E-state index is -0.402. The molecule has 0 spiro atoms. The summed E-state index contributed by atoms with van der Waals surface area (Å²) in [6, 6.07) is 6.75. The van der Waals surface area contributed by atoms with Gasteiger partial charge in [-0.05, 0) is 60.3 Å². The first-order valence-corrected chi connectivity index (χ1v) is 6.63. The summed E-state index contributed by atoms with van der Waals surface area (Å²) >= 11 is 3.60. The van der Waals surface area contributed by atoms with Crippen LogP contribution in [0.25, 0.3) is 0 Å². The van der Waals surface area contributed by atoms with Gasteiger partial charge in [-0.15, -0.1) is 0 Å². The van der Waals surface area contributed by atoms with Gasteiger partial charge in [0.15, 0.2) is 0 Å². The summed E-state index contributed by atoms with van der Waals surface area (Å²) in [7, 11) is 0. The van der Waals surface area contributed by atoms with E-state index in [4.69, 9.17) is 0 Å². The van der Waals surface area contributed by atoms with Gasteiger partial charge < -0.3 is 10.0 Å². The standard InChI is InChI=1S/C13H18BrNO/c1-9-4-3-7-15(9)13-6-5-11(10(2)16)8-12(13)14/h5-6,8-10,16H,3-4,7H2,1-2H3/t9?,10-/m0/s1. The fourth-order valence-electron chi connectivity index (χ4n) is 2.31. The molecule has 1 unspecified atom stereocenters. The minimum Gasteiger partial charge on any atom is -0.389 e. The molecule has 3 heteroatoms. The Morgan fingerprint density at radius 1 is 1.50 bits per heavy atom. The third-order valence-corrected chi connectivity index (χ3v) is 3.95. The van der Waals surface area contributed by atoms with Gasteiger partial charge in [0.25, 0.3) is 0 Å². The van der Waals surface area contributed by atoms with E-state index in [9.17, 15) is 5.11 Å². The molecule has 0 saturated carbocycles. The van der Waals surface area contributed by atoms with E-state index in [0.717, 1.165) is 16.6 Å². The van der Waals surface area contributed by atoms with Crippen LogP contribution in [0, 0.1) is 0 Å². The average Bonchev–Trinajstić information content (AvgIpc) is 2.64. The number of hydrogen-bond donors (Lipinski definition) is 1. The van der Waals surface area contributed by atoms with Crippen molar-refractivity contribution < 1.29 is 5.11 Å². The zero-order valence-electron chi connectivity index (χ0n) is 9.78. The molecule has 0 aliphatic carbocycles. The van der Waals surface area contributed by atoms with Crippen LogP contribution in [0.4, 0.5) is 5.69 Å². The molecule has 0 bridgehead atoms. The van der Waals surface area contributed by atoms with Crippen molar-refractivity contribution in [3.8, 4) is 0 Å². The molecule has 1 fully saturated rings. The first-order chi connectivity index (χ1) is 7.59. The van der Waals surface area contributed by atoms with E-state index in [1.807, 2.05) is 12.1 Å². The van der Waals surface area contributed by atoms with E-state index in [1.165, 1.54) is 18.5 Å². The molecule has 1 aromatic carbocycles. The molecule has 1 aliphatic heterocycles. The Morgan fingerprint density at radius 2 is 2.25 bits per heavy atom. The smallest absolute Gasteiger partial charge is 0.0762 e. The number of nitrogens with zero attached hydrogens (tertiary/aromatic N) is 1. The number of hydrogen-bond acceptors (Lipinski definition) is 2. The van der Waals surface area contributed by atoms with E-state index in [0.29, 0.717) is 6.04 Å². The van der Waals surface area contributed by atoms with Gasteiger partial charge in [0, 0.05) is 17.1 Å². The number of aliphatic hydroxyl groups excluding tert-OH is 1. The zero-order valence-corrected chi connectivity index (χ0v) is 11.4. The summed E-state index contributed by atoms with van der Waals surface area (Å²) < 4.78 is 1.08. The second-order valence-electron chi connectivity index (χ2n) is 4.57. The molecule has 1 aromatic rings. The zero-order chi connectivity index (χ0) is 11.7. The number of anilines is 1. The van der Waals surface area contributed by atoms with Gasteiger partial charge in [-0.25, -0.2) is 0 Å². The third-order valence-electron chi connectivity index (χ3n) is 3.32. The second-order valence-corrected chi connectivity index (χ2v) is 5.43. The SMILES string of the molecule is CC1CCCN1c1ccc([C@H](C)O)cc1Br. The van der Waals surface area contributed by atoms with Crippen LogP contribution in [0.2, 0.25) is 0 Å². The van der Waals surface area contributed by atoms with Crippen molar-refractivity contribution in [1.82, 2.24) is 0 Å². The Bertz CT molecular complexity index is 378. The van der Waals surface area contributed by atoms with Gasteiger partial charge in [-0.3, -0.25) is 0 Å². The largest absolute Gasteiger partial charge is 0.389 e. The van der Waals surface area contributed by atoms with Crippen molar-refractivity contribution in [2.24, 2.45) is 0 Å². The maximum atomic E-state index is 9.52. The lowest BCUT2D eigenvalue weighted by Gasteiger charge is -2.25. The summed E-state index contributed by atoms with van der Waals surface area (Å²) in [5.41, 5.74) is 2.21. The van der Waals surface area contributed by atoms with Crippen molar-refractivity contribution in [2.45, 2.75) is 38.8 Å². The highest BCUT2D eigenvalue weighted by atomic mass is 79.9. The van der Waals surface area contributed by atoms with Crippen molar-refractivity contribution in [1.29, 1.82) is 0 Å². The highest BCUT2D eigenvalue weighted by Crippen LogP contribution is 2.33. The van der Waals surface area contributed by atoms with Crippen LogP contribution in [0.5, 0.6) is 0 Å². The Morgan fingerprint density at radius 3 is 2.75 bits per heavy atom. The molecule has 1 heterocycles. The summed E-state index contributed by atoms with van der Waals surface area (Å²) in [6.45, 7) is 5.19. The van der Waals surface area contributed by atoms with Gasteiger partial charge in [-0.2, -0.15) is 0 Å². The van der Waals surface area contributed by atoms with E-state index in [2.05, 4.69) is 33.8 Å². The molecule has 1 N–H and O–H groups in total. The maximum Gasteiger partial charge on any atom is 0.0762 e. The van der Waals surface area contributed by atoms with E-state index in [1.54, 1.807) is 6.92 Å². The quantitative estimate of drug-likeness (QED) is 0.898. The fourth-order valence-corrected chi connectivity index (χ4v) is 2.93. The topological polar surface area (TPSA) is 23.5 Å². The first-order valence-electron chi connectivity index (χ1n) is 5.83. The Balaban J connectivity index is 2.28. The Hall–Kier alpha value is -0.540. The molecule has 0 aromatic heterocycles. The van der Waals surface area contributed by atoms with Crippen LogP contribution in [-0.2, 0) is 0 Å². The van der Waals surface area contributed by atoms with Crippen molar-refractivity contribution >= 4 is 21.6 Å². The lowest BCUT2D eigenvalue weighted by molar-refractivity contribution is 0.199. The molecule has 16 heavy (non-hydrogen) atoms. The van der Waals surface area contributed by atoms with Gasteiger partial charge in [0.1, 0.15) is 0 Å². The predicted molar refractivity (Wildman–Crippen MR) is 70.8 cm³/mol. The molecular weight excluding hydrogens is 266 g/mol. The summed E-state index contributed by atoms with van der Waals surface area (Å²) in [5.74, 6) is 0. The normalized spacial score (nSPS) is 22.5. The van der Waals surface area contributed by atoms with E-state index in [-0.39, 0.29) is 0 Å². The number of aliphatic hydroxyl groups is 1. The highest BCUT2D eigenvalue weighted by Gasteiger charge is 2.22. The molecule has 2 atom stereocenters. The third kappa shape index (κ3) is 2.25. The molecule has 88 valence electrons. The van der Waals surface area contributed by atoms with Crippen LogP contribution in [0.3, 0.4) is 0 Å². The highest BCUT2D eigenvalue weighted by molar-refractivity contribution is 9.10. The van der Waals surface area contributed by atoms with Crippen LogP contribution >= 0.6 is 15.9 Å². The molecule has 1 aliphatic rings. The molecule has 1 saturated heterocycles. The average molecular weight is 284 g/mol. The van der Waals surface area contributed by atoms with Crippen molar-refractivity contribution in [2.75, 3.05) is 11.4 Å². The van der Waals surface area contributed by atoms with Gasteiger partial charge in [0.2, 0.25) is 0 Å². The first kappa shape index (κ1) is 11.9. The Kier molecular flexibility index (Phi) is 3.55. The molecule has 2 nitrogen and oxygen atoms in total. The van der Waals surface area contributed by atoms with Gasteiger partial charge >= 0.3 is 0 Å². The van der Waals surface area contributed by atoms with Crippen LogP contribution in [-0.4, -0.2) is 17.7 Å². The minimum absolute atomic E-state index is 0.402. The summed E-state index contributed by atoms with van der Waals surface area (Å²) in [5, 5.41) is 9.52. The number of benzene rings is 1. The van der Waals surface area contributed by atoms with Gasteiger partial charge in [0.05, 0.1) is 11.8 Å². The van der Waals surface area contributed by atoms with Gasteiger partial charge in [-0.1, -0.05) is 6.07 Å². The predicted octanol–water partition coefficient (Wildman–Crippen LogP) is 3.49. The van der Waals surface area contributed by atoms with E-state index >= 15 is 0 Å². The fraction of sp³-hybridized carbons (Fsp3) is 0.538. The lowest BCUT2D eigenvalue weighted by Crippen LogP contribution is -2.26. The van der Waals surface area contributed by atoms with Crippen LogP contribution < -0.4 is 4.90 Å². The second kappa shape index (κ2) is 4.76. The molecular formula is C13H18BrNO. The monoisotopic (exact) mass is 283 g/mol. The summed E-state index contributed by atoms with van der Waals surface area (Å²) in [6.07, 6.45) is 2.14. The van der Waals surface area contributed by atoms with Crippen molar-refractivity contribution in [3.63, 3.8) is 0 Å². The number of halogens is 1. The summed E-state index contributed by atoms with van der Waals surface area (Å²) in [4.78, 5) is 2.43. The van der Waals surface area contributed by atoms with Crippen LogP contribution in [0.1, 0.15) is 38.4 Å². The van der Waals surface area contributed by atoms with Crippen LogP contribution in [0.15, 0.2) is 22.7 Å².